The van der Waals surface area contributed by atoms with Gasteiger partial charge in [-0.25, -0.2) is 0 Å². The van der Waals surface area contributed by atoms with Gasteiger partial charge in [-0.1, -0.05) is 30.3 Å². The zero-order valence-corrected chi connectivity index (χ0v) is 16.4. The average Bonchev–Trinajstić information content (AvgIpc) is 3.06. The SMILES string of the molecule is COc1ccc([C@@H]2CN(Cc3ccccc3SC)C[C@H]2N(C)C)cc1. The predicted molar refractivity (Wildman–Crippen MR) is 107 cm³/mol. The van der Waals surface area contributed by atoms with Gasteiger partial charge in [0.05, 0.1) is 7.11 Å². The number of hydrogen-bond acceptors (Lipinski definition) is 4. The molecule has 0 amide bonds. The molecule has 0 aromatic heterocycles. The van der Waals surface area contributed by atoms with Gasteiger partial charge in [-0.05, 0) is 49.7 Å². The molecular weight excluding hydrogens is 328 g/mol. The van der Waals surface area contributed by atoms with Crippen LogP contribution < -0.4 is 4.74 Å². The van der Waals surface area contributed by atoms with E-state index >= 15 is 0 Å². The number of benzene rings is 2. The van der Waals surface area contributed by atoms with Crippen molar-refractivity contribution in [1.82, 2.24) is 9.80 Å². The van der Waals surface area contributed by atoms with Gasteiger partial charge < -0.3 is 9.64 Å². The lowest BCUT2D eigenvalue weighted by molar-refractivity contribution is 0.259. The van der Waals surface area contributed by atoms with Crippen LogP contribution in [0.25, 0.3) is 0 Å². The van der Waals surface area contributed by atoms with E-state index < -0.39 is 0 Å². The first-order valence-electron chi connectivity index (χ1n) is 8.77. The molecule has 0 unspecified atom stereocenters. The van der Waals surface area contributed by atoms with E-state index in [1.165, 1.54) is 16.0 Å². The van der Waals surface area contributed by atoms with Crippen LogP contribution in [0.15, 0.2) is 53.4 Å². The van der Waals surface area contributed by atoms with Gasteiger partial charge in [0.2, 0.25) is 0 Å². The predicted octanol–water partition coefficient (Wildman–Crippen LogP) is 3.95. The summed E-state index contributed by atoms with van der Waals surface area (Å²) in [6.45, 7) is 3.22. The molecule has 0 radical (unpaired) electrons. The summed E-state index contributed by atoms with van der Waals surface area (Å²) in [5.74, 6) is 1.45. The minimum absolute atomic E-state index is 0.530. The molecule has 1 heterocycles. The van der Waals surface area contributed by atoms with Crippen LogP contribution in [0, 0.1) is 0 Å². The van der Waals surface area contributed by atoms with Crippen LogP contribution in [-0.2, 0) is 6.54 Å². The molecule has 0 aliphatic carbocycles. The van der Waals surface area contributed by atoms with Crippen molar-refractivity contribution in [3.8, 4) is 5.75 Å². The highest BCUT2D eigenvalue weighted by molar-refractivity contribution is 7.98. The Labute approximate surface area is 156 Å². The Balaban J connectivity index is 1.78. The topological polar surface area (TPSA) is 15.7 Å². The van der Waals surface area contributed by atoms with Gasteiger partial charge >= 0.3 is 0 Å². The van der Waals surface area contributed by atoms with Gasteiger partial charge in [-0.15, -0.1) is 11.8 Å². The van der Waals surface area contributed by atoms with Gasteiger partial charge in [0, 0.05) is 36.5 Å². The van der Waals surface area contributed by atoms with E-state index in [4.69, 9.17) is 4.74 Å². The third-order valence-electron chi connectivity index (χ3n) is 5.16. The number of likely N-dealkylation sites (N-methyl/N-ethyl adjacent to an activating group) is 1. The second-order valence-electron chi connectivity index (χ2n) is 6.92. The van der Waals surface area contributed by atoms with Crippen molar-refractivity contribution in [2.24, 2.45) is 0 Å². The van der Waals surface area contributed by atoms with Gasteiger partial charge in [-0.2, -0.15) is 0 Å². The Morgan fingerprint density at radius 2 is 1.80 bits per heavy atom. The number of methoxy groups -OCH3 is 1. The first-order valence-corrected chi connectivity index (χ1v) is 9.99. The minimum Gasteiger partial charge on any atom is -0.497 e. The van der Waals surface area contributed by atoms with Gasteiger partial charge in [-0.3, -0.25) is 4.90 Å². The lowest BCUT2D eigenvalue weighted by Crippen LogP contribution is -2.34. The van der Waals surface area contributed by atoms with Crippen molar-refractivity contribution in [3.63, 3.8) is 0 Å². The fourth-order valence-corrected chi connectivity index (χ4v) is 4.38. The lowest BCUT2D eigenvalue weighted by atomic mass is 9.93. The first kappa shape index (κ1) is 18.3. The van der Waals surface area contributed by atoms with Gasteiger partial charge in [0.1, 0.15) is 5.75 Å². The Morgan fingerprint density at radius 1 is 1.08 bits per heavy atom. The Kier molecular flexibility index (Phi) is 6.05. The Hall–Kier alpha value is -1.49. The smallest absolute Gasteiger partial charge is 0.118 e. The lowest BCUT2D eigenvalue weighted by Gasteiger charge is -2.25. The fourth-order valence-electron chi connectivity index (χ4n) is 3.77. The van der Waals surface area contributed by atoms with E-state index in [2.05, 4.69) is 78.7 Å². The molecule has 134 valence electrons. The highest BCUT2D eigenvalue weighted by atomic mass is 32.2. The summed E-state index contributed by atoms with van der Waals surface area (Å²) < 4.78 is 5.31. The molecule has 1 fully saturated rings. The quantitative estimate of drug-likeness (QED) is 0.728. The van der Waals surface area contributed by atoms with E-state index in [-0.39, 0.29) is 0 Å². The number of likely N-dealkylation sites (tertiary alicyclic amines) is 1. The maximum absolute atomic E-state index is 5.31. The third-order valence-corrected chi connectivity index (χ3v) is 6.00. The summed E-state index contributed by atoms with van der Waals surface area (Å²) in [6.07, 6.45) is 2.16. The molecule has 3 rings (SSSR count). The van der Waals surface area contributed by atoms with Crippen LogP contribution >= 0.6 is 11.8 Å². The van der Waals surface area contributed by atoms with E-state index in [1.807, 2.05) is 11.8 Å². The monoisotopic (exact) mass is 356 g/mol. The molecule has 2 aromatic rings. The summed E-state index contributed by atoms with van der Waals surface area (Å²) in [4.78, 5) is 6.35. The van der Waals surface area contributed by atoms with E-state index in [0.717, 1.165) is 25.4 Å². The highest BCUT2D eigenvalue weighted by Crippen LogP contribution is 2.33. The molecule has 0 N–H and O–H groups in total. The van der Waals surface area contributed by atoms with Gasteiger partial charge in [0.15, 0.2) is 0 Å². The largest absolute Gasteiger partial charge is 0.497 e. The summed E-state index contributed by atoms with van der Waals surface area (Å²) in [7, 11) is 6.11. The van der Waals surface area contributed by atoms with Crippen molar-refractivity contribution in [2.45, 2.75) is 23.4 Å². The van der Waals surface area contributed by atoms with Crippen molar-refractivity contribution in [3.05, 3.63) is 59.7 Å². The van der Waals surface area contributed by atoms with Crippen molar-refractivity contribution >= 4 is 11.8 Å². The second-order valence-corrected chi connectivity index (χ2v) is 7.76. The second kappa shape index (κ2) is 8.26. The van der Waals surface area contributed by atoms with Crippen molar-refractivity contribution in [2.75, 3.05) is 40.6 Å². The Morgan fingerprint density at radius 3 is 2.44 bits per heavy atom. The number of rotatable bonds is 6. The molecule has 25 heavy (non-hydrogen) atoms. The maximum atomic E-state index is 5.31. The number of hydrogen-bond donors (Lipinski definition) is 0. The minimum atomic E-state index is 0.530. The Bertz CT molecular complexity index is 687. The summed E-state index contributed by atoms with van der Waals surface area (Å²) in [5.41, 5.74) is 2.84. The van der Waals surface area contributed by atoms with Crippen LogP contribution in [0.5, 0.6) is 5.75 Å². The summed E-state index contributed by atoms with van der Waals surface area (Å²) >= 11 is 1.84. The zero-order valence-electron chi connectivity index (χ0n) is 15.6. The molecule has 1 aliphatic rings. The number of nitrogens with zero attached hydrogens (tertiary/aromatic N) is 2. The van der Waals surface area contributed by atoms with E-state index in [9.17, 15) is 0 Å². The normalized spacial score (nSPS) is 21.0. The molecule has 0 bridgehead atoms. The van der Waals surface area contributed by atoms with Gasteiger partial charge in [0.25, 0.3) is 0 Å². The molecule has 0 spiro atoms. The first-order chi connectivity index (χ1) is 12.1. The molecule has 2 atom stereocenters. The highest BCUT2D eigenvalue weighted by Gasteiger charge is 2.35. The average molecular weight is 357 g/mol. The molecule has 4 heteroatoms. The maximum Gasteiger partial charge on any atom is 0.118 e. The van der Waals surface area contributed by atoms with E-state index in [1.54, 1.807) is 7.11 Å². The number of ether oxygens (including phenoxy) is 1. The van der Waals surface area contributed by atoms with Crippen LogP contribution in [0.3, 0.4) is 0 Å². The molecular formula is C21H28N2OS. The zero-order chi connectivity index (χ0) is 17.8. The number of thioether (sulfide) groups is 1. The van der Waals surface area contributed by atoms with Crippen LogP contribution in [0.2, 0.25) is 0 Å². The standard InChI is InChI=1S/C21H28N2OS/c1-22(2)20-15-23(13-17-7-5-6-8-21(17)25-4)14-19(20)16-9-11-18(24-3)12-10-16/h5-12,19-20H,13-15H2,1-4H3/t19-,20+/m0/s1. The summed E-state index contributed by atoms with van der Waals surface area (Å²) in [6, 6.07) is 17.9. The molecule has 2 aromatic carbocycles. The molecule has 1 saturated heterocycles. The fraction of sp³-hybridized carbons (Fsp3) is 0.429. The molecule has 0 saturated carbocycles. The van der Waals surface area contributed by atoms with E-state index in [0.29, 0.717) is 12.0 Å². The van der Waals surface area contributed by atoms with Crippen LogP contribution in [0.4, 0.5) is 0 Å². The summed E-state index contributed by atoms with van der Waals surface area (Å²) in [5, 5.41) is 0. The molecule has 1 aliphatic heterocycles. The molecule has 3 nitrogen and oxygen atoms in total. The van der Waals surface area contributed by atoms with Crippen LogP contribution in [-0.4, -0.2) is 56.4 Å². The van der Waals surface area contributed by atoms with Crippen molar-refractivity contribution < 1.29 is 4.74 Å². The third kappa shape index (κ3) is 4.20. The van der Waals surface area contributed by atoms with Crippen LogP contribution in [0.1, 0.15) is 17.0 Å². The van der Waals surface area contributed by atoms with Crippen molar-refractivity contribution in [1.29, 1.82) is 0 Å².